The third kappa shape index (κ3) is 22.1. The van der Waals surface area contributed by atoms with Crippen LogP contribution < -0.4 is 24.0 Å². The van der Waals surface area contributed by atoms with Crippen LogP contribution in [0.25, 0.3) is 0 Å². The van der Waals surface area contributed by atoms with Crippen LogP contribution in [0.2, 0.25) is 0 Å². The van der Waals surface area contributed by atoms with E-state index in [0.717, 1.165) is 25.9 Å². The van der Waals surface area contributed by atoms with Gasteiger partial charge in [0.05, 0.1) is 5.97 Å². The maximum atomic E-state index is 10.9. The molecule has 0 aliphatic carbocycles. The van der Waals surface area contributed by atoms with Gasteiger partial charge in [0.25, 0.3) is 0 Å². The van der Waals surface area contributed by atoms with Crippen molar-refractivity contribution < 1.29 is 28.8 Å². The Morgan fingerprint density at radius 3 is 1.23 bits per heavy atom. The second kappa shape index (κ2) is 23.1. The molecule has 0 fully saturated rings. The van der Waals surface area contributed by atoms with E-state index in [2.05, 4.69) is 18.7 Å². The average molecular weight is 362 g/mol. The Kier molecular flexibility index (Phi) is 25.1. The number of carboxylic acid groups (broad SMARTS) is 1. The van der Waals surface area contributed by atoms with Gasteiger partial charge in [0.15, 0.2) is 0 Å². The number of hydrogen-bond donors (Lipinski definition) is 0. The summed E-state index contributed by atoms with van der Waals surface area (Å²) < 4.78 is 0. The molecule has 0 N–H and O–H groups in total. The molecule has 0 rings (SSSR count). The van der Waals surface area contributed by atoms with Crippen molar-refractivity contribution in [2.24, 2.45) is 0 Å². The molecule has 0 heterocycles. The van der Waals surface area contributed by atoms with Crippen LogP contribution in [0.4, 0.5) is 0 Å². The molecule has 26 heavy (non-hydrogen) atoms. The summed E-state index contributed by atoms with van der Waals surface area (Å²) in [6.07, 6.45) is 20.7. The normalized spacial score (nSPS) is 10.9. The summed E-state index contributed by atoms with van der Waals surface area (Å²) in [6, 6.07) is 0. The van der Waals surface area contributed by atoms with Gasteiger partial charge >= 0.3 is 18.9 Å². The second-order valence-corrected chi connectivity index (χ2v) is 7.60. The van der Waals surface area contributed by atoms with Crippen LogP contribution in [0.1, 0.15) is 117 Å². The van der Waals surface area contributed by atoms with E-state index in [1.807, 2.05) is 0 Å². The fraction of sp³-hybridized carbons (Fsp3) is 0.955. The number of aliphatic carboxylic acids is 1. The molecule has 0 saturated heterocycles. The summed E-state index contributed by atoms with van der Waals surface area (Å²) in [5, 5.41) is 10.9. The number of rotatable bonds is 20. The molecule has 3 nitrogen and oxygen atoms in total. The molecule has 0 aromatic carbocycles. The Balaban J connectivity index is 0. The molecular formula is C22H44LiNO2. The minimum atomic E-state index is -0.931. The van der Waals surface area contributed by atoms with Crippen LogP contribution in [-0.2, 0) is 4.79 Å². The zero-order valence-corrected chi connectivity index (χ0v) is 18.2. The first-order valence-electron chi connectivity index (χ1n) is 11.1. The fourth-order valence-electron chi connectivity index (χ4n) is 3.39. The van der Waals surface area contributed by atoms with Crippen molar-refractivity contribution in [3.8, 4) is 0 Å². The van der Waals surface area contributed by atoms with Gasteiger partial charge in [-0.3, -0.25) is 4.90 Å². The van der Waals surface area contributed by atoms with Gasteiger partial charge < -0.3 is 9.90 Å². The van der Waals surface area contributed by atoms with Crippen molar-refractivity contribution in [2.45, 2.75) is 117 Å². The summed E-state index contributed by atoms with van der Waals surface area (Å²) in [6.45, 7) is 6.43. The average Bonchev–Trinajstić information content (AvgIpc) is 2.58. The molecular weight excluding hydrogens is 317 g/mol. The van der Waals surface area contributed by atoms with Gasteiger partial charge in [-0.2, -0.15) is 0 Å². The van der Waals surface area contributed by atoms with Crippen molar-refractivity contribution >= 4 is 5.97 Å². The summed E-state index contributed by atoms with van der Waals surface area (Å²) in [4.78, 5) is 13.0. The van der Waals surface area contributed by atoms with Crippen molar-refractivity contribution in [2.75, 3.05) is 19.6 Å². The zero-order valence-electron chi connectivity index (χ0n) is 18.2. The standard InChI is InChI=1S/C22H45NO2.Li/c1-3-5-7-9-11-13-15-17-19-23(21-22(24)25)20-18-16-14-12-10-8-6-4-2;/h3-21H2,1-2H3,(H,24,25);/q;+1/p-1. The third-order valence-electron chi connectivity index (χ3n) is 5.01. The molecule has 0 amide bonds. The fourth-order valence-corrected chi connectivity index (χ4v) is 3.39. The van der Waals surface area contributed by atoms with Crippen molar-refractivity contribution in [1.82, 2.24) is 4.90 Å². The molecule has 0 unspecified atom stereocenters. The van der Waals surface area contributed by atoms with Crippen molar-refractivity contribution in [3.05, 3.63) is 0 Å². The molecule has 150 valence electrons. The molecule has 0 aromatic heterocycles. The first-order valence-corrected chi connectivity index (χ1v) is 11.1. The van der Waals surface area contributed by atoms with Gasteiger partial charge in [-0.15, -0.1) is 0 Å². The van der Waals surface area contributed by atoms with E-state index in [-0.39, 0.29) is 25.4 Å². The Hall–Kier alpha value is 0.0274. The summed E-state index contributed by atoms with van der Waals surface area (Å²) in [5.74, 6) is -0.931. The van der Waals surface area contributed by atoms with E-state index in [4.69, 9.17) is 0 Å². The summed E-state index contributed by atoms with van der Waals surface area (Å²) >= 11 is 0. The Bertz CT molecular complexity index is 267. The summed E-state index contributed by atoms with van der Waals surface area (Å²) in [5.41, 5.74) is 0. The van der Waals surface area contributed by atoms with Gasteiger partial charge in [0.1, 0.15) is 0 Å². The van der Waals surface area contributed by atoms with E-state index in [1.165, 1.54) is 89.9 Å². The Morgan fingerprint density at radius 2 is 0.923 bits per heavy atom. The van der Waals surface area contributed by atoms with Gasteiger partial charge in [-0.05, 0) is 25.9 Å². The molecule has 0 atom stereocenters. The zero-order chi connectivity index (χ0) is 18.6. The van der Waals surface area contributed by atoms with Crippen molar-refractivity contribution in [1.29, 1.82) is 0 Å². The van der Waals surface area contributed by atoms with E-state index >= 15 is 0 Å². The molecule has 0 spiro atoms. The molecule has 0 bridgehead atoms. The number of unbranched alkanes of at least 4 members (excludes halogenated alkanes) is 14. The van der Waals surface area contributed by atoms with Crippen LogP contribution in [0.5, 0.6) is 0 Å². The maximum absolute atomic E-state index is 10.9. The maximum Gasteiger partial charge on any atom is 1.00 e. The number of carbonyl (C=O) groups excluding carboxylic acids is 1. The molecule has 0 saturated carbocycles. The first-order chi connectivity index (χ1) is 12.2. The molecule has 0 aliphatic rings. The quantitative estimate of drug-likeness (QED) is 0.247. The topological polar surface area (TPSA) is 43.4 Å². The van der Waals surface area contributed by atoms with Gasteiger partial charge in [-0.25, -0.2) is 0 Å². The molecule has 0 aliphatic heterocycles. The molecule has 0 radical (unpaired) electrons. The number of nitrogens with zero attached hydrogens (tertiary/aromatic N) is 1. The predicted octanol–water partition coefficient (Wildman–Crippen LogP) is 2.32. The summed E-state index contributed by atoms with van der Waals surface area (Å²) in [7, 11) is 0. The Labute approximate surface area is 175 Å². The third-order valence-corrected chi connectivity index (χ3v) is 5.01. The second-order valence-electron chi connectivity index (χ2n) is 7.60. The van der Waals surface area contributed by atoms with Crippen LogP contribution >= 0.6 is 0 Å². The van der Waals surface area contributed by atoms with E-state index < -0.39 is 5.97 Å². The minimum absolute atomic E-state index is 0. The van der Waals surface area contributed by atoms with Gasteiger partial charge in [-0.1, -0.05) is 104 Å². The SMILES string of the molecule is CCCCCCCCCCN(CCCCCCCCCC)CC(=O)[O-].[Li+]. The van der Waals surface area contributed by atoms with Gasteiger partial charge in [0.2, 0.25) is 0 Å². The smallest absolute Gasteiger partial charge is 0.549 e. The molecule has 0 aromatic rings. The monoisotopic (exact) mass is 361 g/mol. The van der Waals surface area contributed by atoms with Crippen LogP contribution in [0, 0.1) is 0 Å². The largest absolute Gasteiger partial charge is 1.00 e. The number of carbonyl (C=O) groups is 1. The van der Waals surface area contributed by atoms with E-state index in [1.54, 1.807) is 0 Å². The van der Waals surface area contributed by atoms with Crippen LogP contribution in [0.3, 0.4) is 0 Å². The first kappa shape index (κ1) is 28.2. The minimum Gasteiger partial charge on any atom is -0.549 e. The van der Waals surface area contributed by atoms with Crippen LogP contribution in [0.15, 0.2) is 0 Å². The van der Waals surface area contributed by atoms with Crippen LogP contribution in [-0.4, -0.2) is 30.5 Å². The van der Waals surface area contributed by atoms with E-state index in [0.29, 0.717) is 0 Å². The molecule has 4 heteroatoms. The van der Waals surface area contributed by atoms with Crippen molar-refractivity contribution in [3.63, 3.8) is 0 Å². The van der Waals surface area contributed by atoms with Gasteiger partial charge in [0, 0.05) is 6.54 Å². The number of carboxylic acids is 1. The predicted molar refractivity (Wildman–Crippen MR) is 107 cm³/mol. The van der Waals surface area contributed by atoms with E-state index in [9.17, 15) is 9.90 Å². The number of hydrogen-bond acceptors (Lipinski definition) is 3. The Morgan fingerprint density at radius 1 is 0.615 bits per heavy atom.